The zero-order valence-corrected chi connectivity index (χ0v) is 14.9. The third-order valence-electron chi connectivity index (χ3n) is 3.76. The number of nitrogens with one attached hydrogen (secondary N) is 2. The van der Waals surface area contributed by atoms with Crippen LogP contribution in [0.2, 0.25) is 0 Å². The van der Waals surface area contributed by atoms with Gasteiger partial charge in [0.05, 0.1) is 6.67 Å². The Bertz CT molecular complexity index is 454. The molecule has 0 saturated carbocycles. The van der Waals surface area contributed by atoms with Gasteiger partial charge in [-0.3, -0.25) is 0 Å². The molecule has 2 N–H and O–H groups in total. The molecule has 23 heavy (non-hydrogen) atoms. The van der Waals surface area contributed by atoms with Crippen molar-refractivity contribution >= 4 is 0 Å². The molecule has 128 valence electrons. The van der Waals surface area contributed by atoms with E-state index in [-0.39, 0.29) is 0 Å². The summed E-state index contributed by atoms with van der Waals surface area (Å²) >= 11 is 0. The molecular weight excluding hydrogens is 282 g/mol. The maximum Gasteiger partial charge on any atom is 0.0870 e. The van der Waals surface area contributed by atoms with Crippen LogP contribution in [0.4, 0.5) is 0 Å². The molecular formula is C20H33N3. The van der Waals surface area contributed by atoms with Gasteiger partial charge in [0, 0.05) is 18.9 Å². The summed E-state index contributed by atoms with van der Waals surface area (Å²) < 4.78 is 0. The van der Waals surface area contributed by atoms with Crippen LogP contribution in [0.25, 0.3) is 0 Å². The zero-order valence-electron chi connectivity index (χ0n) is 14.9. The lowest BCUT2D eigenvalue weighted by atomic mass is 10.0. The lowest BCUT2D eigenvalue weighted by Gasteiger charge is -2.17. The fourth-order valence-corrected chi connectivity index (χ4v) is 2.56. The number of nitrogens with zero attached hydrogens (tertiary/aromatic N) is 1. The van der Waals surface area contributed by atoms with E-state index in [0.717, 1.165) is 32.7 Å². The van der Waals surface area contributed by atoms with Crippen LogP contribution in [-0.4, -0.2) is 24.7 Å². The van der Waals surface area contributed by atoms with Gasteiger partial charge in [0.2, 0.25) is 0 Å². The lowest BCUT2D eigenvalue weighted by Crippen LogP contribution is -2.20. The van der Waals surface area contributed by atoms with E-state index >= 15 is 0 Å². The number of hydrogen-bond donors (Lipinski definition) is 2. The molecule has 0 unspecified atom stereocenters. The second kappa shape index (κ2) is 12.8. The first kappa shape index (κ1) is 19.3. The fourth-order valence-electron chi connectivity index (χ4n) is 2.56. The van der Waals surface area contributed by atoms with Crippen LogP contribution in [0.3, 0.4) is 0 Å². The number of benzene rings is 1. The Morgan fingerprint density at radius 2 is 1.96 bits per heavy atom. The average molecular weight is 316 g/mol. The van der Waals surface area contributed by atoms with Gasteiger partial charge in [0.25, 0.3) is 0 Å². The van der Waals surface area contributed by atoms with Crippen molar-refractivity contribution in [3.8, 4) is 0 Å². The standard InChI is InChI=1S/C18H27N3.C2H6/c1-2-3-11-19-12-7-6-9-17-8-4-5-10-18(17)15-21-14-13-20-16-21;1-2/h2,4-5,8,10,13-14,19-20H,1,3,6-7,9,11-12,15-16H2;1-2H3. The minimum Gasteiger partial charge on any atom is -0.373 e. The number of rotatable bonds is 10. The third kappa shape index (κ3) is 7.89. The Morgan fingerprint density at radius 1 is 1.17 bits per heavy atom. The SMILES string of the molecule is C=CCCNCCCCc1ccccc1CN1C=CNC1.CC. The van der Waals surface area contributed by atoms with Crippen LogP contribution in [0.5, 0.6) is 0 Å². The average Bonchev–Trinajstić information content (AvgIpc) is 3.10. The Labute approximate surface area is 142 Å². The minimum absolute atomic E-state index is 0.918. The van der Waals surface area contributed by atoms with Crippen LogP contribution in [-0.2, 0) is 13.0 Å². The summed E-state index contributed by atoms with van der Waals surface area (Å²) in [4.78, 5) is 2.30. The highest BCUT2D eigenvalue weighted by Crippen LogP contribution is 2.15. The molecule has 0 bridgehead atoms. The highest BCUT2D eigenvalue weighted by molar-refractivity contribution is 5.27. The van der Waals surface area contributed by atoms with Gasteiger partial charge in [-0.1, -0.05) is 44.2 Å². The van der Waals surface area contributed by atoms with E-state index in [2.05, 4.69) is 52.6 Å². The summed E-state index contributed by atoms with van der Waals surface area (Å²) in [7, 11) is 0. The molecule has 3 nitrogen and oxygen atoms in total. The monoisotopic (exact) mass is 315 g/mol. The normalized spacial score (nSPS) is 12.5. The molecule has 2 rings (SSSR count). The molecule has 1 aromatic carbocycles. The largest absolute Gasteiger partial charge is 0.373 e. The molecule has 1 aliphatic heterocycles. The van der Waals surface area contributed by atoms with Crippen molar-refractivity contribution in [3.05, 3.63) is 60.4 Å². The third-order valence-corrected chi connectivity index (χ3v) is 3.76. The van der Waals surface area contributed by atoms with E-state index in [1.54, 1.807) is 0 Å². The Balaban J connectivity index is 0.00000127. The Hall–Kier alpha value is -1.74. The van der Waals surface area contributed by atoms with Crippen molar-refractivity contribution in [2.24, 2.45) is 0 Å². The first-order chi connectivity index (χ1) is 11.4. The summed E-state index contributed by atoms with van der Waals surface area (Å²) in [5.41, 5.74) is 2.94. The molecule has 1 aromatic rings. The molecule has 0 aliphatic carbocycles. The van der Waals surface area contributed by atoms with Crippen LogP contribution < -0.4 is 10.6 Å². The van der Waals surface area contributed by atoms with Gasteiger partial charge in [-0.15, -0.1) is 6.58 Å². The van der Waals surface area contributed by atoms with Crippen molar-refractivity contribution in [2.45, 2.75) is 46.1 Å². The van der Waals surface area contributed by atoms with Gasteiger partial charge < -0.3 is 15.5 Å². The highest BCUT2D eigenvalue weighted by atomic mass is 15.2. The molecule has 0 fully saturated rings. The van der Waals surface area contributed by atoms with Crippen LogP contribution >= 0.6 is 0 Å². The molecule has 3 heteroatoms. The maximum atomic E-state index is 3.73. The molecule has 0 spiro atoms. The van der Waals surface area contributed by atoms with Gasteiger partial charge in [0.1, 0.15) is 0 Å². The molecule has 0 radical (unpaired) electrons. The summed E-state index contributed by atoms with van der Waals surface area (Å²) in [6.07, 6.45) is 10.8. The predicted octanol–water partition coefficient (Wildman–Crippen LogP) is 4.04. The predicted molar refractivity (Wildman–Crippen MR) is 101 cm³/mol. The summed E-state index contributed by atoms with van der Waals surface area (Å²) in [6.45, 7) is 11.8. The highest BCUT2D eigenvalue weighted by Gasteiger charge is 2.07. The first-order valence-electron chi connectivity index (χ1n) is 8.92. The second-order valence-corrected chi connectivity index (χ2v) is 5.48. The number of unbranched alkanes of at least 4 members (excludes halogenated alkanes) is 1. The summed E-state index contributed by atoms with van der Waals surface area (Å²) in [5.74, 6) is 0. The summed E-state index contributed by atoms with van der Waals surface area (Å²) in [6, 6.07) is 8.82. The molecule has 0 amide bonds. The second-order valence-electron chi connectivity index (χ2n) is 5.48. The minimum atomic E-state index is 0.918. The van der Waals surface area contributed by atoms with Gasteiger partial charge in [-0.25, -0.2) is 0 Å². The van der Waals surface area contributed by atoms with E-state index in [1.165, 1.54) is 30.4 Å². The maximum absolute atomic E-state index is 3.73. The Kier molecular flexibility index (Phi) is 10.7. The molecule has 0 atom stereocenters. The van der Waals surface area contributed by atoms with Gasteiger partial charge >= 0.3 is 0 Å². The van der Waals surface area contributed by atoms with Gasteiger partial charge in [0.15, 0.2) is 0 Å². The van der Waals surface area contributed by atoms with Crippen molar-refractivity contribution in [1.82, 2.24) is 15.5 Å². The van der Waals surface area contributed by atoms with Crippen LogP contribution in [0, 0.1) is 0 Å². The van der Waals surface area contributed by atoms with E-state index in [9.17, 15) is 0 Å². The Morgan fingerprint density at radius 3 is 2.65 bits per heavy atom. The fraction of sp³-hybridized carbons (Fsp3) is 0.500. The van der Waals surface area contributed by atoms with E-state index in [1.807, 2.05) is 26.1 Å². The molecule has 1 aliphatic rings. The number of aryl methyl sites for hydroxylation is 1. The van der Waals surface area contributed by atoms with Crippen molar-refractivity contribution in [3.63, 3.8) is 0 Å². The number of hydrogen-bond acceptors (Lipinski definition) is 3. The van der Waals surface area contributed by atoms with Crippen molar-refractivity contribution in [1.29, 1.82) is 0 Å². The van der Waals surface area contributed by atoms with Crippen LogP contribution in [0.15, 0.2) is 49.3 Å². The van der Waals surface area contributed by atoms with E-state index < -0.39 is 0 Å². The van der Waals surface area contributed by atoms with Gasteiger partial charge in [-0.05, 0) is 49.9 Å². The topological polar surface area (TPSA) is 27.3 Å². The van der Waals surface area contributed by atoms with Crippen molar-refractivity contribution in [2.75, 3.05) is 19.8 Å². The van der Waals surface area contributed by atoms with Gasteiger partial charge in [-0.2, -0.15) is 0 Å². The van der Waals surface area contributed by atoms with E-state index in [0.29, 0.717) is 0 Å². The summed E-state index contributed by atoms with van der Waals surface area (Å²) in [5, 5.41) is 6.67. The molecule has 0 saturated heterocycles. The lowest BCUT2D eigenvalue weighted by molar-refractivity contribution is 0.383. The van der Waals surface area contributed by atoms with Crippen molar-refractivity contribution < 1.29 is 0 Å². The first-order valence-corrected chi connectivity index (χ1v) is 8.92. The van der Waals surface area contributed by atoms with E-state index in [4.69, 9.17) is 0 Å². The molecule has 0 aromatic heterocycles. The smallest absolute Gasteiger partial charge is 0.0870 e. The molecule has 1 heterocycles. The zero-order chi connectivity index (χ0) is 16.8. The quantitative estimate of drug-likeness (QED) is 0.504. The van der Waals surface area contributed by atoms with Crippen LogP contribution in [0.1, 0.15) is 44.2 Å².